The second kappa shape index (κ2) is 41.6. The number of ether oxygens (including phenoxy) is 3. The molecule has 0 saturated heterocycles. The number of carbonyl (C=O) groups excluding carboxylic acids is 3. The minimum atomic E-state index is -0.758. The molecule has 0 aliphatic heterocycles. The van der Waals surface area contributed by atoms with Crippen molar-refractivity contribution in [3.8, 4) is 0 Å². The number of rotatable bonds is 42. The zero-order valence-electron chi connectivity index (χ0n) is 36.0. The molecule has 6 heteroatoms. The van der Waals surface area contributed by atoms with E-state index in [1.165, 1.54) is 154 Å². The van der Waals surface area contributed by atoms with Gasteiger partial charge in [0.15, 0.2) is 6.10 Å². The van der Waals surface area contributed by atoms with E-state index in [1.807, 2.05) is 0 Å². The second-order valence-electron chi connectivity index (χ2n) is 16.3. The lowest BCUT2D eigenvalue weighted by Gasteiger charge is -2.18. The van der Waals surface area contributed by atoms with Crippen molar-refractivity contribution < 1.29 is 28.6 Å². The van der Waals surface area contributed by atoms with E-state index in [9.17, 15) is 14.4 Å². The first-order chi connectivity index (χ1) is 25.9. The molecule has 6 nitrogen and oxygen atoms in total. The highest BCUT2D eigenvalue weighted by molar-refractivity contribution is 5.71. The van der Waals surface area contributed by atoms with Crippen LogP contribution in [-0.2, 0) is 28.6 Å². The van der Waals surface area contributed by atoms with E-state index in [2.05, 4.69) is 27.7 Å². The monoisotopic (exact) mass is 751 g/mol. The van der Waals surface area contributed by atoms with Gasteiger partial charge in [-0.25, -0.2) is 0 Å². The Balaban J connectivity index is 4.23. The van der Waals surface area contributed by atoms with Gasteiger partial charge < -0.3 is 14.2 Å². The molecule has 0 aromatic carbocycles. The lowest BCUT2D eigenvalue weighted by Crippen LogP contribution is -2.30. The molecular formula is C47H90O6. The van der Waals surface area contributed by atoms with Gasteiger partial charge >= 0.3 is 17.9 Å². The fourth-order valence-electron chi connectivity index (χ4n) is 6.95. The highest BCUT2D eigenvalue weighted by Gasteiger charge is 2.19. The number of hydrogen-bond donors (Lipinski definition) is 0. The van der Waals surface area contributed by atoms with Gasteiger partial charge in [0.2, 0.25) is 0 Å². The van der Waals surface area contributed by atoms with Crippen LogP contribution in [-0.4, -0.2) is 37.2 Å². The van der Waals surface area contributed by atoms with Crippen LogP contribution in [0.5, 0.6) is 0 Å². The molecule has 0 N–H and O–H groups in total. The Kier molecular flexibility index (Phi) is 40.3. The highest BCUT2D eigenvalue weighted by atomic mass is 16.6. The van der Waals surface area contributed by atoms with Crippen LogP contribution in [0, 0.1) is 5.92 Å². The molecule has 0 aliphatic rings. The molecule has 0 aliphatic carbocycles. The molecule has 1 unspecified atom stereocenters. The SMILES string of the molecule is CCCCCCCCCCCCCCCCC(=O)OC[C@H](COC(=O)CCCCCCCCCCCCC(C)CC)OC(=O)CCCCCCCCC. The van der Waals surface area contributed by atoms with Crippen LogP contribution >= 0.6 is 0 Å². The molecule has 2 atom stereocenters. The summed E-state index contributed by atoms with van der Waals surface area (Å²) in [6.07, 6.45) is 40.9. The van der Waals surface area contributed by atoms with Crippen LogP contribution in [0.3, 0.4) is 0 Å². The number of hydrogen-bond acceptors (Lipinski definition) is 6. The van der Waals surface area contributed by atoms with Crippen molar-refractivity contribution in [2.45, 2.75) is 265 Å². The zero-order chi connectivity index (χ0) is 38.9. The molecular weight excluding hydrogens is 661 g/mol. The van der Waals surface area contributed by atoms with Crippen LogP contribution < -0.4 is 0 Å². The molecule has 0 bridgehead atoms. The van der Waals surface area contributed by atoms with Gasteiger partial charge in [-0.3, -0.25) is 14.4 Å². The van der Waals surface area contributed by atoms with Crippen LogP contribution in [0.25, 0.3) is 0 Å². The van der Waals surface area contributed by atoms with Crippen molar-refractivity contribution in [3.63, 3.8) is 0 Å². The summed E-state index contributed by atoms with van der Waals surface area (Å²) in [5.74, 6) is 0.0110. The zero-order valence-corrected chi connectivity index (χ0v) is 36.0. The number of esters is 3. The first-order valence-electron chi connectivity index (χ1n) is 23.4. The van der Waals surface area contributed by atoms with Crippen LogP contribution in [0.4, 0.5) is 0 Å². The number of unbranched alkanes of at least 4 members (excludes halogenated alkanes) is 28. The maximum Gasteiger partial charge on any atom is 0.306 e. The van der Waals surface area contributed by atoms with Crippen molar-refractivity contribution in [1.82, 2.24) is 0 Å². The summed E-state index contributed by atoms with van der Waals surface area (Å²) in [7, 11) is 0. The van der Waals surface area contributed by atoms with E-state index in [-0.39, 0.29) is 31.1 Å². The molecule has 0 saturated carbocycles. The third-order valence-corrected chi connectivity index (χ3v) is 10.9. The van der Waals surface area contributed by atoms with E-state index in [0.29, 0.717) is 19.3 Å². The molecule has 0 aromatic rings. The lowest BCUT2D eigenvalue weighted by atomic mass is 9.99. The van der Waals surface area contributed by atoms with E-state index in [0.717, 1.165) is 63.7 Å². The minimum absolute atomic E-state index is 0.0641. The van der Waals surface area contributed by atoms with Gasteiger partial charge in [0, 0.05) is 19.3 Å². The highest BCUT2D eigenvalue weighted by Crippen LogP contribution is 2.17. The summed E-state index contributed by atoms with van der Waals surface area (Å²) in [5, 5.41) is 0. The van der Waals surface area contributed by atoms with Crippen LogP contribution in [0.15, 0.2) is 0 Å². The van der Waals surface area contributed by atoms with Crippen molar-refractivity contribution in [2.24, 2.45) is 5.92 Å². The summed E-state index contributed by atoms with van der Waals surface area (Å²) >= 11 is 0. The average molecular weight is 751 g/mol. The summed E-state index contributed by atoms with van der Waals surface area (Å²) in [4.78, 5) is 37.6. The molecule has 0 aromatic heterocycles. The molecule has 0 fully saturated rings. The summed E-state index contributed by atoms with van der Waals surface area (Å²) in [5.41, 5.74) is 0. The Hall–Kier alpha value is -1.59. The summed E-state index contributed by atoms with van der Waals surface area (Å²) in [6, 6.07) is 0. The predicted molar refractivity (Wildman–Crippen MR) is 224 cm³/mol. The smallest absolute Gasteiger partial charge is 0.306 e. The molecule has 53 heavy (non-hydrogen) atoms. The molecule has 0 rings (SSSR count). The van der Waals surface area contributed by atoms with E-state index < -0.39 is 6.10 Å². The Bertz CT molecular complexity index is 798. The quantitative estimate of drug-likeness (QED) is 0.0351. The average Bonchev–Trinajstić information content (AvgIpc) is 3.15. The van der Waals surface area contributed by atoms with E-state index >= 15 is 0 Å². The van der Waals surface area contributed by atoms with Gasteiger partial charge in [-0.2, -0.15) is 0 Å². The van der Waals surface area contributed by atoms with Gasteiger partial charge in [-0.05, 0) is 25.2 Å². The topological polar surface area (TPSA) is 78.9 Å². The molecule has 0 spiro atoms. The Morgan fingerprint density at radius 3 is 0.981 bits per heavy atom. The number of carbonyl (C=O) groups is 3. The van der Waals surface area contributed by atoms with Crippen molar-refractivity contribution >= 4 is 17.9 Å². The normalized spacial score (nSPS) is 12.5. The molecule has 0 radical (unpaired) electrons. The van der Waals surface area contributed by atoms with E-state index in [1.54, 1.807) is 0 Å². The molecule has 0 amide bonds. The maximum atomic E-state index is 12.6. The minimum Gasteiger partial charge on any atom is -0.462 e. The third-order valence-electron chi connectivity index (χ3n) is 10.9. The van der Waals surface area contributed by atoms with Gasteiger partial charge in [0.05, 0.1) is 0 Å². The molecule has 0 heterocycles. The lowest BCUT2D eigenvalue weighted by molar-refractivity contribution is -0.167. The van der Waals surface area contributed by atoms with Gasteiger partial charge in [-0.1, -0.05) is 220 Å². The second-order valence-corrected chi connectivity index (χ2v) is 16.3. The molecule has 314 valence electrons. The Morgan fingerprint density at radius 2 is 0.660 bits per heavy atom. The largest absolute Gasteiger partial charge is 0.462 e. The summed E-state index contributed by atoms with van der Waals surface area (Å²) < 4.78 is 16.7. The summed E-state index contributed by atoms with van der Waals surface area (Å²) in [6.45, 7) is 8.99. The third kappa shape index (κ3) is 39.9. The predicted octanol–water partition coefficient (Wildman–Crippen LogP) is 14.7. The van der Waals surface area contributed by atoms with Crippen LogP contribution in [0.2, 0.25) is 0 Å². The van der Waals surface area contributed by atoms with E-state index in [4.69, 9.17) is 14.2 Å². The fourth-order valence-corrected chi connectivity index (χ4v) is 6.95. The fraction of sp³-hybridized carbons (Fsp3) is 0.936. The standard InChI is InChI=1S/C47H90O6/c1-5-8-10-12-14-15-16-17-18-19-23-27-30-34-38-45(48)51-41-44(53-47(50)40-36-32-25-13-11-9-6-2)42-52-46(49)39-35-31-28-24-21-20-22-26-29-33-37-43(4)7-3/h43-44H,5-42H2,1-4H3/t43?,44-/m1/s1. The first-order valence-corrected chi connectivity index (χ1v) is 23.4. The van der Waals surface area contributed by atoms with Gasteiger partial charge in [0.1, 0.15) is 13.2 Å². The van der Waals surface area contributed by atoms with Gasteiger partial charge in [0.25, 0.3) is 0 Å². The maximum absolute atomic E-state index is 12.6. The van der Waals surface area contributed by atoms with Crippen molar-refractivity contribution in [2.75, 3.05) is 13.2 Å². The van der Waals surface area contributed by atoms with Crippen molar-refractivity contribution in [1.29, 1.82) is 0 Å². The van der Waals surface area contributed by atoms with Gasteiger partial charge in [-0.15, -0.1) is 0 Å². The Labute approximate surface area is 329 Å². The van der Waals surface area contributed by atoms with Crippen LogP contribution in [0.1, 0.15) is 259 Å². The first kappa shape index (κ1) is 51.4. The van der Waals surface area contributed by atoms with Crippen molar-refractivity contribution in [3.05, 3.63) is 0 Å². The Morgan fingerprint density at radius 1 is 0.377 bits per heavy atom.